The Labute approximate surface area is 144 Å². The molecule has 0 spiro atoms. The van der Waals surface area contributed by atoms with Crippen molar-refractivity contribution in [2.75, 3.05) is 0 Å². The van der Waals surface area contributed by atoms with Crippen LogP contribution in [0.4, 0.5) is 0 Å². The van der Waals surface area contributed by atoms with Crippen LogP contribution in [-0.4, -0.2) is 11.1 Å². The van der Waals surface area contributed by atoms with Crippen LogP contribution in [0.15, 0.2) is 0 Å². The molecule has 3 aliphatic rings. The van der Waals surface area contributed by atoms with E-state index in [0.29, 0.717) is 5.92 Å². The minimum Gasteiger partial charge on any atom is -0.324 e. The van der Waals surface area contributed by atoms with Crippen molar-refractivity contribution >= 4 is 0 Å². The second-order valence-electron chi connectivity index (χ2n) is 9.15. The molecule has 4 N–H and O–H groups in total. The summed E-state index contributed by atoms with van der Waals surface area (Å²) in [6, 6.07) is 0. The number of hydrogen-bond donors (Lipinski definition) is 2. The third-order valence-electron chi connectivity index (χ3n) is 7.60. The van der Waals surface area contributed by atoms with Crippen molar-refractivity contribution in [2.45, 2.75) is 120 Å². The van der Waals surface area contributed by atoms with E-state index in [1.165, 1.54) is 109 Å². The minimum absolute atomic E-state index is 0.0815. The Morgan fingerprint density at radius 1 is 0.609 bits per heavy atom. The smallest absolute Gasteiger partial charge is 0.0365 e. The third-order valence-corrected chi connectivity index (χ3v) is 7.60. The van der Waals surface area contributed by atoms with Crippen molar-refractivity contribution in [3.05, 3.63) is 0 Å². The number of hydrogen-bond acceptors (Lipinski definition) is 2. The van der Waals surface area contributed by atoms with Gasteiger partial charge in [0, 0.05) is 11.1 Å². The van der Waals surface area contributed by atoms with Crippen molar-refractivity contribution in [3.63, 3.8) is 0 Å². The van der Waals surface area contributed by atoms with E-state index in [1.54, 1.807) is 0 Å². The van der Waals surface area contributed by atoms with Crippen LogP contribution in [0, 0.1) is 11.8 Å². The van der Waals surface area contributed by atoms with E-state index < -0.39 is 0 Å². The van der Waals surface area contributed by atoms with Gasteiger partial charge in [-0.2, -0.15) is 0 Å². The zero-order valence-corrected chi connectivity index (χ0v) is 15.3. The van der Waals surface area contributed by atoms with E-state index in [2.05, 4.69) is 0 Å². The molecule has 0 aromatic rings. The molecule has 2 heteroatoms. The standard InChI is InChI=1S/C21H40N2/c22-20(17-18-11-5-1-2-6-12-18)15-9-10-16-21(20,23)19-13-7-3-4-8-14-19/h18-19H,1-17,22-23H2. The Morgan fingerprint density at radius 3 is 1.74 bits per heavy atom. The summed E-state index contributed by atoms with van der Waals surface area (Å²) in [5.41, 5.74) is 14.2. The zero-order valence-electron chi connectivity index (χ0n) is 15.3. The molecule has 0 amide bonds. The Balaban J connectivity index is 1.74. The van der Waals surface area contributed by atoms with Gasteiger partial charge in [0.1, 0.15) is 0 Å². The van der Waals surface area contributed by atoms with E-state index >= 15 is 0 Å². The molecule has 2 unspecified atom stereocenters. The molecule has 0 aliphatic heterocycles. The fourth-order valence-corrected chi connectivity index (χ4v) is 6.12. The highest BCUT2D eigenvalue weighted by molar-refractivity contribution is 5.13. The first-order chi connectivity index (χ1) is 11.1. The van der Waals surface area contributed by atoms with E-state index in [0.717, 1.165) is 5.92 Å². The fraction of sp³-hybridized carbons (Fsp3) is 1.00. The van der Waals surface area contributed by atoms with Gasteiger partial charge in [-0.15, -0.1) is 0 Å². The van der Waals surface area contributed by atoms with Crippen LogP contribution in [0.3, 0.4) is 0 Å². The summed E-state index contributed by atoms with van der Waals surface area (Å²) in [7, 11) is 0. The van der Waals surface area contributed by atoms with E-state index in [-0.39, 0.29) is 11.1 Å². The summed E-state index contributed by atoms with van der Waals surface area (Å²) in [5.74, 6) is 1.52. The molecule has 2 nitrogen and oxygen atoms in total. The van der Waals surface area contributed by atoms with Gasteiger partial charge in [0.05, 0.1) is 0 Å². The lowest BCUT2D eigenvalue weighted by Gasteiger charge is -2.55. The molecule has 0 aromatic heterocycles. The molecule has 0 heterocycles. The van der Waals surface area contributed by atoms with Crippen LogP contribution in [0.25, 0.3) is 0 Å². The highest BCUT2D eigenvalue weighted by Crippen LogP contribution is 2.47. The second-order valence-corrected chi connectivity index (χ2v) is 9.15. The van der Waals surface area contributed by atoms with E-state index in [1.807, 2.05) is 0 Å². The summed E-state index contributed by atoms with van der Waals surface area (Å²) in [4.78, 5) is 0. The monoisotopic (exact) mass is 320 g/mol. The second kappa shape index (κ2) is 7.87. The lowest BCUT2D eigenvalue weighted by atomic mass is 9.57. The lowest BCUT2D eigenvalue weighted by Crippen LogP contribution is -2.71. The van der Waals surface area contributed by atoms with Crippen molar-refractivity contribution in [3.8, 4) is 0 Å². The Morgan fingerprint density at radius 2 is 1.13 bits per heavy atom. The summed E-state index contributed by atoms with van der Waals surface area (Å²) in [6.45, 7) is 0. The van der Waals surface area contributed by atoms with Crippen LogP contribution in [-0.2, 0) is 0 Å². The predicted octanol–water partition coefficient (Wildman–Crippen LogP) is 5.29. The van der Waals surface area contributed by atoms with Crippen LogP contribution in [0.5, 0.6) is 0 Å². The quantitative estimate of drug-likeness (QED) is 0.694. The minimum atomic E-state index is -0.0880. The molecule has 3 saturated carbocycles. The highest BCUT2D eigenvalue weighted by atomic mass is 14.9. The number of rotatable bonds is 3. The first-order valence-corrected chi connectivity index (χ1v) is 10.7. The van der Waals surface area contributed by atoms with Crippen LogP contribution in [0.2, 0.25) is 0 Å². The van der Waals surface area contributed by atoms with Crippen LogP contribution < -0.4 is 11.5 Å². The molecular weight excluding hydrogens is 280 g/mol. The third kappa shape index (κ3) is 3.95. The first-order valence-electron chi connectivity index (χ1n) is 10.7. The van der Waals surface area contributed by atoms with Crippen LogP contribution >= 0.6 is 0 Å². The number of nitrogens with two attached hydrogens (primary N) is 2. The van der Waals surface area contributed by atoms with Crippen molar-refractivity contribution in [1.82, 2.24) is 0 Å². The van der Waals surface area contributed by atoms with Gasteiger partial charge in [0.15, 0.2) is 0 Å². The van der Waals surface area contributed by atoms with Crippen molar-refractivity contribution in [2.24, 2.45) is 23.3 Å². The molecule has 0 bridgehead atoms. The average Bonchev–Trinajstić information content (AvgIpc) is 2.95. The van der Waals surface area contributed by atoms with Gasteiger partial charge in [0.2, 0.25) is 0 Å². The highest BCUT2D eigenvalue weighted by Gasteiger charge is 2.52. The summed E-state index contributed by atoms with van der Waals surface area (Å²) < 4.78 is 0. The molecule has 2 atom stereocenters. The Kier molecular flexibility index (Phi) is 6.07. The molecule has 0 radical (unpaired) electrons. The van der Waals surface area contributed by atoms with Gasteiger partial charge in [0.25, 0.3) is 0 Å². The summed E-state index contributed by atoms with van der Waals surface area (Å²) in [6.07, 6.45) is 22.9. The van der Waals surface area contributed by atoms with Gasteiger partial charge in [-0.05, 0) is 43.9 Å². The molecule has 134 valence electrons. The largest absolute Gasteiger partial charge is 0.324 e. The summed E-state index contributed by atoms with van der Waals surface area (Å²) in [5, 5.41) is 0. The fourth-order valence-electron chi connectivity index (χ4n) is 6.12. The van der Waals surface area contributed by atoms with E-state index in [4.69, 9.17) is 11.5 Å². The lowest BCUT2D eigenvalue weighted by molar-refractivity contribution is 0.0546. The Hall–Kier alpha value is -0.0800. The normalized spacial score (nSPS) is 38.9. The molecule has 3 fully saturated rings. The molecule has 3 rings (SSSR count). The maximum absolute atomic E-state index is 7.21. The molecule has 0 aromatic carbocycles. The maximum atomic E-state index is 7.21. The SMILES string of the molecule is NC1(CC2CCCCCC2)CCCCC1(N)C1CCCCCC1. The van der Waals surface area contributed by atoms with Gasteiger partial charge in [-0.3, -0.25) is 0 Å². The molecular formula is C21H40N2. The van der Waals surface area contributed by atoms with Crippen LogP contribution in [0.1, 0.15) is 109 Å². The molecule has 23 heavy (non-hydrogen) atoms. The van der Waals surface area contributed by atoms with Gasteiger partial charge in [-0.1, -0.05) is 77.0 Å². The van der Waals surface area contributed by atoms with Gasteiger partial charge >= 0.3 is 0 Å². The van der Waals surface area contributed by atoms with Gasteiger partial charge in [-0.25, -0.2) is 0 Å². The predicted molar refractivity (Wildman–Crippen MR) is 99.3 cm³/mol. The molecule has 3 aliphatic carbocycles. The van der Waals surface area contributed by atoms with Gasteiger partial charge < -0.3 is 11.5 Å². The topological polar surface area (TPSA) is 52.0 Å². The van der Waals surface area contributed by atoms with Crippen molar-refractivity contribution in [1.29, 1.82) is 0 Å². The zero-order chi connectivity index (χ0) is 16.2. The first kappa shape index (κ1) is 17.7. The van der Waals surface area contributed by atoms with Crippen molar-refractivity contribution < 1.29 is 0 Å². The van der Waals surface area contributed by atoms with E-state index in [9.17, 15) is 0 Å². The molecule has 0 saturated heterocycles. The average molecular weight is 321 g/mol. The maximum Gasteiger partial charge on any atom is 0.0365 e. The Bertz CT molecular complexity index is 353. The summed E-state index contributed by atoms with van der Waals surface area (Å²) >= 11 is 0.